The molecule has 0 bridgehead atoms. The van der Waals surface area contributed by atoms with Crippen LogP contribution in [0.2, 0.25) is 0 Å². The van der Waals surface area contributed by atoms with E-state index in [1.807, 2.05) is 13.8 Å². The number of carboxylic acids is 1. The molecule has 0 heterocycles. The van der Waals surface area contributed by atoms with Crippen molar-refractivity contribution in [3.63, 3.8) is 0 Å². The lowest BCUT2D eigenvalue weighted by Gasteiger charge is -2.12. The molecule has 0 radical (unpaired) electrons. The quantitative estimate of drug-likeness (QED) is 0.729. The predicted octanol–water partition coefficient (Wildman–Crippen LogP) is 2.49. The van der Waals surface area contributed by atoms with Gasteiger partial charge in [-0.15, -0.1) is 0 Å². The summed E-state index contributed by atoms with van der Waals surface area (Å²) in [6.07, 6.45) is 2.36. The molecule has 0 aliphatic carbocycles. The third-order valence-corrected chi connectivity index (χ3v) is 2.03. The Morgan fingerprint density at radius 3 is 2.67 bits per heavy atom. The van der Waals surface area contributed by atoms with Gasteiger partial charge in [0.25, 0.3) is 0 Å². The van der Waals surface area contributed by atoms with Crippen LogP contribution in [-0.2, 0) is 4.79 Å². The van der Waals surface area contributed by atoms with Crippen molar-refractivity contribution in [2.75, 3.05) is 18.5 Å². The SMILES string of the molecule is CCOc1ccc(OCC)c(N/C=C/C(=O)O)c1. The van der Waals surface area contributed by atoms with Gasteiger partial charge in [-0.3, -0.25) is 0 Å². The van der Waals surface area contributed by atoms with Crippen LogP contribution in [0.25, 0.3) is 0 Å². The Bertz CT molecular complexity index is 429. The van der Waals surface area contributed by atoms with Crippen molar-refractivity contribution in [1.29, 1.82) is 0 Å². The van der Waals surface area contributed by atoms with Gasteiger partial charge in [0.1, 0.15) is 11.5 Å². The molecular formula is C13H17NO4. The minimum absolute atomic E-state index is 0.533. The minimum Gasteiger partial charge on any atom is -0.494 e. The molecule has 0 spiro atoms. The number of aliphatic carboxylic acids is 1. The van der Waals surface area contributed by atoms with Crippen LogP contribution in [0.1, 0.15) is 13.8 Å². The fourth-order valence-corrected chi connectivity index (χ4v) is 1.36. The number of rotatable bonds is 7. The molecular weight excluding hydrogens is 234 g/mol. The first-order valence-corrected chi connectivity index (χ1v) is 5.73. The zero-order valence-electron chi connectivity index (χ0n) is 10.5. The van der Waals surface area contributed by atoms with Gasteiger partial charge in [-0.05, 0) is 26.0 Å². The van der Waals surface area contributed by atoms with Crippen LogP contribution >= 0.6 is 0 Å². The van der Waals surface area contributed by atoms with Crippen molar-refractivity contribution >= 4 is 11.7 Å². The maximum Gasteiger partial charge on any atom is 0.329 e. The summed E-state index contributed by atoms with van der Waals surface area (Å²) in [5.41, 5.74) is 0.667. The third-order valence-electron chi connectivity index (χ3n) is 2.03. The van der Waals surface area contributed by atoms with Gasteiger partial charge in [0.15, 0.2) is 0 Å². The molecule has 5 nitrogen and oxygen atoms in total. The summed E-state index contributed by atoms with van der Waals surface area (Å²) in [6, 6.07) is 5.35. The molecule has 0 aliphatic rings. The lowest BCUT2D eigenvalue weighted by atomic mass is 10.2. The summed E-state index contributed by atoms with van der Waals surface area (Å²) in [7, 11) is 0. The second-order valence-corrected chi connectivity index (χ2v) is 3.34. The van der Waals surface area contributed by atoms with E-state index in [-0.39, 0.29) is 0 Å². The molecule has 1 aromatic rings. The summed E-state index contributed by atoms with van der Waals surface area (Å²) in [4.78, 5) is 10.4. The maximum absolute atomic E-state index is 10.4. The number of anilines is 1. The summed E-state index contributed by atoms with van der Waals surface area (Å²) >= 11 is 0. The lowest BCUT2D eigenvalue weighted by molar-refractivity contribution is -0.131. The summed E-state index contributed by atoms with van der Waals surface area (Å²) in [6.45, 7) is 4.88. The van der Waals surface area contributed by atoms with E-state index in [0.29, 0.717) is 30.4 Å². The van der Waals surface area contributed by atoms with E-state index in [1.165, 1.54) is 6.20 Å². The van der Waals surface area contributed by atoms with E-state index in [4.69, 9.17) is 14.6 Å². The van der Waals surface area contributed by atoms with Crippen LogP contribution < -0.4 is 14.8 Å². The first-order valence-electron chi connectivity index (χ1n) is 5.73. The van der Waals surface area contributed by atoms with Crippen molar-refractivity contribution in [3.05, 3.63) is 30.5 Å². The second-order valence-electron chi connectivity index (χ2n) is 3.34. The van der Waals surface area contributed by atoms with Crippen LogP contribution in [0.5, 0.6) is 11.5 Å². The number of hydrogen-bond donors (Lipinski definition) is 2. The average molecular weight is 251 g/mol. The van der Waals surface area contributed by atoms with E-state index in [2.05, 4.69) is 5.32 Å². The van der Waals surface area contributed by atoms with Gasteiger partial charge in [0, 0.05) is 18.3 Å². The highest BCUT2D eigenvalue weighted by Gasteiger charge is 2.04. The molecule has 0 fully saturated rings. The summed E-state index contributed by atoms with van der Waals surface area (Å²) < 4.78 is 10.8. The van der Waals surface area contributed by atoms with Gasteiger partial charge < -0.3 is 19.9 Å². The summed E-state index contributed by atoms with van der Waals surface area (Å²) in [5.74, 6) is 0.338. The Morgan fingerprint density at radius 1 is 1.33 bits per heavy atom. The lowest BCUT2D eigenvalue weighted by Crippen LogP contribution is -1.99. The van der Waals surface area contributed by atoms with Crippen LogP contribution in [0.3, 0.4) is 0 Å². The maximum atomic E-state index is 10.4. The normalized spacial score (nSPS) is 10.3. The number of benzene rings is 1. The van der Waals surface area contributed by atoms with E-state index in [0.717, 1.165) is 6.08 Å². The first-order chi connectivity index (χ1) is 8.67. The molecule has 0 aromatic heterocycles. The van der Waals surface area contributed by atoms with E-state index in [1.54, 1.807) is 18.2 Å². The minimum atomic E-state index is -1.01. The van der Waals surface area contributed by atoms with Gasteiger partial charge in [-0.2, -0.15) is 0 Å². The number of carbonyl (C=O) groups is 1. The van der Waals surface area contributed by atoms with Crippen LogP contribution in [0.4, 0.5) is 5.69 Å². The zero-order chi connectivity index (χ0) is 13.4. The van der Waals surface area contributed by atoms with Crippen molar-refractivity contribution in [3.8, 4) is 11.5 Å². The number of hydrogen-bond acceptors (Lipinski definition) is 4. The highest BCUT2D eigenvalue weighted by Crippen LogP contribution is 2.29. The Kier molecular flexibility index (Phi) is 5.57. The highest BCUT2D eigenvalue weighted by atomic mass is 16.5. The Hall–Kier alpha value is -2.17. The number of nitrogens with one attached hydrogen (secondary N) is 1. The van der Waals surface area contributed by atoms with Gasteiger partial charge >= 0.3 is 5.97 Å². The third kappa shape index (κ3) is 4.37. The molecule has 0 aliphatic heterocycles. The van der Waals surface area contributed by atoms with Crippen molar-refractivity contribution in [1.82, 2.24) is 0 Å². The van der Waals surface area contributed by atoms with Gasteiger partial charge in [-0.25, -0.2) is 4.79 Å². The van der Waals surface area contributed by atoms with Crippen molar-refractivity contribution in [2.24, 2.45) is 0 Å². The van der Waals surface area contributed by atoms with Crippen molar-refractivity contribution in [2.45, 2.75) is 13.8 Å². The molecule has 0 saturated carbocycles. The fraction of sp³-hybridized carbons (Fsp3) is 0.308. The molecule has 0 amide bonds. The smallest absolute Gasteiger partial charge is 0.329 e. The Morgan fingerprint density at radius 2 is 2.06 bits per heavy atom. The molecule has 1 aromatic carbocycles. The molecule has 0 saturated heterocycles. The molecule has 1 rings (SSSR count). The van der Waals surface area contributed by atoms with Gasteiger partial charge in [-0.1, -0.05) is 0 Å². The Balaban J connectivity index is 2.88. The molecule has 98 valence electrons. The van der Waals surface area contributed by atoms with Gasteiger partial charge in [0.2, 0.25) is 0 Å². The molecule has 0 atom stereocenters. The monoisotopic (exact) mass is 251 g/mol. The van der Waals surface area contributed by atoms with Gasteiger partial charge in [0.05, 0.1) is 18.9 Å². The van der Waals surface area contributed by atoms with Crippen LogP contribution in [0, 0.1) is 0 Å². The standard InChI is InChI=1S/C13H17NO4/c1-3-17-10-5-6-12(18-4-2)11(9-10)14-8-7-13(15)16/h5-9,14H,3-4H2,1-2H3,(H,15,16)/b8-7+. The Labute approximate surface area is 106 Å². The number of ether oxygens (including phenoxy) is 2. The van der Waals surface area contributed by atoms with E-state index in [9.17, 15) is 4.79 Å². The number of carboxylic acid groups (broad SMARTS) is 1. The fourth-order valence-electron chi connectivity index (χ4n) is 1.36. The molecule has 2 N–H and O–H groups in total. The van der Waals surface area contributed by atoms with Crippen molar-refractivity contribution < 1.29 is 19.4 Å². The largest absolute Gasteiger partial charge is 0.494 e. The average Bonchev–Trinajstić information content (AvgIpc) is 2.32. The molecule has 0 unspecified atom stereocenters. The van der Waals surface area contributed by atoms with Crippen LogP contribution in [0.15, 0.2) is 30.5 Å². The van der Waals surface area contributed by atoms with E-state index < -0.39 is 5.97 Å². The predicted molar refractivity (Wildman–Crippen MR) is 69.2 cm³/mol. The highest BCUT2D eigenvalue weighted by molar-refractivity contribution is 5.80. The first kappa shape index (κ1) is 13.9. The second kappa shape index (κ2) is 7.21. The summed E-state index contributed by atoms with van der Waals surface area (Å²) in [5, 5.41) is 11.4. The topological polar surface area (TPSA) is 67.8 Å². The zero-order valence-corrected chi connectivity index (χ0v) is 10.5. The molecule has 18 heavy (non-hydrogen) atoms. The van der Waals surface area contributed by atoms with E-state index >= 15 is 0 Å². The van der Waals surface area contributed by atoms with Crippen LogP contribution in [-0.4, -0.2) is 24.3 Å². The molecule has 5 heteroatoms.